The molecule has 2 aromatic heterocycles. The lowest BCUT2D eigenvalue weighted by Crippen LogP contribution is -2.33. The Morgan fingerprint density at radius 3 is 2.96 bits per heavy atom. The third kappa shape index (κ3) is 5.91. The summed E-state index contributed by atoms with van der Waals surface area (Å²) in [5.41, 5.74) is 6.68. The number of hydrogen-bond acceptors (Lipinski definition) is 6. The van der Waals surface area contributed by atoms with Crippen LogP contribution in [0.5, 0.6) is 0 Å². The maximum atomic E-state index is 10.9. The third-order valence-electron chi connectivity index (χ3n) is 2.98. The lowest BCUT2D eigenvalue weighted by atomic mass is 10.3. The van der Waals surface area contributed by atoms with Crippen LogP contribution in [-0.4, -0.2) is 43.7 Å². The van der Waals surface area contributed by atoms with Crippen LogP contribution in [0.15, 0.2) is 22.5 Å². The van der Waals surface area contributed by atoms with Gasteiger partial charge in [-0.1, -0.05) is 0 Å². The molecule has 7 nitrogen and oxygen atoms in total. The maximum absolute atomic E-state index is 10.9. The largest absolute Gasteiger partial charge is 0.383 e. The van der Waals surface area contributed by atoms with Crippen LogP contribution < -0.4 is 16.4 Å². The lowest BCUT2D eigenvalue weighted by molar-refractivity contribution is -0.118. The summed E-state index contributed by atoms with van der Waals surface area (Å²) in [5, 5.41) is 8.33. The van der Waals surface area contributed by atoms with Gasteiger partial charge in [-0.2, -0.15) is 4.99 Å². The highest BCUT2D eigenvalue weighted by atomic mass is 32.1. The van der Waals surface area contributed by atoms with Crippen LogP contribution in [0, 0.1) is 0 Å². The van der Waals surface area contributed by atoms with Crippen LogP contribution in [0.2, 0.25) is 0 Å². The minimum Gasteiger partial charge on any atom is -0.383 e. The summed E-state index contributed by atoms with van der Waals surface area (Å²) < 4.78 is 4.94. The maximum Gasteiger partial charge on any atom is 0.216 e. The van der Waals surface area contributed by atoms with Crippen molar-refractivity contribution in [1.82, 2.24) is 15.6 Å². The van der Waals surface area contributed by atoms with Crippen molar-refractivity contribution >= 4 is 39.7 Å². The molecule has 0 aliphatic heterocycles. The Hall–Kier alpha value is -1.97. The monoisotopic (exact) mass is 367 g/mol. The number of amides is 1. The fraction of sp³-hybridized carbons (Fsp3) is 0.400. The SMILES string of the molecule is COCCN/C(N)=N/c1nc(-c2ccc(CCNC(C)=O)s2)cs1. The van der Waals surface area contributed by atoms with E-state index in [4.69, 9.17) is 10.5 Å². The molecule has 0 unspecified atom stereocenters. The van der Waals surface area contributed by atoms with Crippen molar-refractivity contribution in [3.8, 4) is 10.6 Å². The van der Waals surface area contributed by atoms with Crippen LogP contribution in [0.1, 0.15) is 11.8 Å². The zero-order valence-electron chi connectivity index (χ0n) is 13.7. The molecule has 0 bridgehead atoms. The second-order valence-electron chi connectivity index (χ2n) is 4.93. The Kier molecular flexibility index (Phi) is 7.16. The van der Waals surface area contributed by atoms with Crippen molar-refractivity contribution in [3.05, 3.63) is 22.4 Å². The number of aliphatic imine (C=N–C) groups is 1. The summed E-state index contributed by atoms with van der Waals surface area (Å²) in [6, 6.07) is 4.10. The average molecular weight is 368 g/mol. The standard InChI is InChI=1S/C15H21N5O2S2/c1-10(21)17-6-5-11-3-4-13(24-11)12-9-23-15(19-12)20-14(16)18-7-8-22-2/h3-4,9H,5-8H2,1-2H3,(H,17,21)(H3,16,18,19,20). The number of carbonyl (C=O) groups excluding carboxylic acids is 1. The van der Waals surface area contributed by atoms with Gasteiger partial charge in [0.15, 0.2) is 5.96 Å². The molecule has 0 aliphatic rings. The fourth-order valence-corrected chi connectivity index (χ4v) is 3.61. The van der Waals surface area contributed by atoms with Crippen molar-refractivity contribution in [2.75, 3.05) is 26.8 Å². The summed E-state index contributed by atoms with van der Waals surface area (Å²) >= 11 is 3.11. The molecular weight excluding hydrogens is 346 g/mol. The van der Waals surface area contributed by atoms with E-state index in [-0.39, 0.29) is 5.91 Å². The molecule has 4 N–H and O–H groups in total. The van der Waals surface area contributed by atoms with Crippen molar-refractivity contribution in [3.63, 3.8) is 0 Å². The summed E-state index contributed by atoms with van der Waals surface area (Å²) in [6.45, 7) is 3.33. The molecule has 0 aromatic carbocycles. The third-order valence-corrected chi connectivity index (χ3v) is 4.88. The zero-order chi connectivity index (χ0) is 17.4. The quantitative estimate of drug-likeness (QED) is 0.375. The van der Waals surface area contributed by atoms with E-state index < -0.39 is 0 Å². The van der Waals surface area contributed by atoms with E-state index >= 15 is 0 Å². The molecule has 1 amide bonds. The molecule has 0 saturated heterocycles. The molecule has 0 fully saturated rings. The Balaban J connectivity index is 1.94. The highest BCUT2D eigenvalue weighted by Crippen LogP contribution is 2.31. The second kappa shape index (κ2) is 9.36. The van der Waals surface area contributed by atoms with E-state index in [0.29, 0.717) is 30.8 Å². The van der Waals surface area contributed by atoms with Gasteiger partial charge in [-0.25, -0.2) is 4.98 Å². The van der Waals surface area contributed by atoms with Gasteiger partial charge in [-0.15, -0.1) is 22.7 Å². The number of guanidine groups is 1. The van der Waals surface area contributed by atoms with Crippen LogP contribution in [0.4, 0.5) is 5.13 Å². The number of carbonyl (C=O) groups is 1. The molecule has 24 heavy (non-hydrogen) atoms. The van der Waals surface area contributed by atoms with E-state index in [0.717, 1.165) is 17.0 Å². The lowest BCUT2D eigenvalue weighted by Gasteiger charge is -2.02. The van der Waals surface area contributed by atoms with Crippen LogP contribution in [0.25, 0.3) is 10.6 Å². The molecule has 0 atom stereocenters. The summed E-state index contributed by atoms with van der Waals surface area (Å²) in [6.07, 6.45) is 0.815. The molecule has 2 rings (SSSR count). The first kappa shape index (κ1) is 18.4. The predicted octanol–water partition coefficient (Wildman–Crippen LogP) is 1.73. The van der Waals surface area contributed by atoms with Crippen LogP contribution in [0.3, 0.4) is 0 Å². The number of ether oxygens (including phenoxy) is 1. The smallest absolute Gasteiger partial charge is 0.216 e. The molecule has 2 aromatic rings. The number of rotatable bonds is 8. The Morgan fingerprint density at radius 1 is 1.38 bits per heavy atom. The van der Waals surface area contributed by atoms with Crippen LogP contribution in [-0.2, 0) is 16.0 Å². The van der Waals surface area contributed by atoms with Crippen molar-refractivity contribution in [1.29, 1.82) is 0 Å². The van der Waals surface area contributed by atoms with Gasteiger partial charge in [-0.3, -0.25) is 4.79 Å². The number of nitrogens with two attached hydrogens (primary N) is 1. The first-order valence-electron chi connectivity index (χ1n) is 7.44. The minimum absolute atomic E-state index is 0.00881. The molecule has 0 spiro atoms. The number of nitrogens with one attached hydrogen (secondary N) is 2. The number of methoxy groups -OCH3 is 1. The molecule has 0 saturated carbocycles. The molecule has 130 valence electrons. The molecule has 0 radical (unpaired) electrons. The van der Waals surface area contributed by atoms with Gasteiger partial charge in [0.05, 0.1) is 17.2 Å². The molecule has 0 aliphatic carbocycles. The minimum atomic E-state index is -0.00881. The molecular formula is C15H21N5O2S2. The normalized spacial score (nSPS) is 11.5. The van der Waals surface area contributed by atoms with E-state index in [9.17, 15) is 4.79 Å². The topological polar surface area (TPSA) is 102 Å². The number of thiophene rings is 1. The van der Waals surface area contributed by atoms with Gasteiger partial charge < -0.3 is 21.1 Å². The fourth-order valence-electron chi connectivity index (χ4n) is 1.86. The molecule has 9 heteroatoms. The highest BCUT2D eigenvalue weighted by Gasteiger charge is 2.08. The second-order valence-corrected chi connectivity index (χ2v) is 6.94. The van der Waals surface area contributed by atoms with Gasteiger partial charge in [0.2, 0.25) is 11.0 Å². The highest BCUT2D eigenvalue weighted by molar-refractivity contribution is 7.16. The Labute approximate surface area is 149 Å². The van der Waals surface area contributed by atoms with E-state index in [2.05, 4.69) is 26.7 Å². The predicted molar refractivity (Wildman–Crippen MR) is 99.0 cm³/mol. The average Bonchev–Trinajstić information content (AvgIpc) is 3.16. The summed E-state index contributed by atoms with van der Waals surface area (Å²) in [5.74, 6) is 0.320. The Morgan fingerprint density at radius 2 is 2.21 bits per heavy atom. The van der Waals surface area contributed by atoms with Gasteiger partial charge >= 0.3 is 0 Å². The van der Waals surface area contributed by atoms with E-state index in [1.165, 1.54) is 23.1 Å². The Bertz CT molecular complexity index is 696. The van der Waals surface area contributed by atoms with Crippen molar-refractivity contribution < 1.29 is 9.53 Å². The molecule has 2 heterocycles. The van der Waals surface area contributed by atoms with Crippen molar-refractivity contribution in [2.24, 2.45) is 10.7 Å². The number of hydrogen-bond donors (Lipinski definition) is 3. The van der Waals surface area contributed by atoms with E-state index in [1.807, 2.05) is 11.4 Å². The number of thiazole rings is 1. The first-order chi connectivity index (χ1) is 11.6. The van der Waals surface area contributed by atoms with Crippen molar-refractivity contribution in [2.45, 2.75) is 13.3 Å². The van der Waals surface area contributed by atoms with Crippen LogP contribution >= 0.6 is 22.7 Å². The van der Waals surface area contributed by atoms with Gasteiger partial charge in [0, 0.05) is 37.4 Å². The van der Waals surface area contributed by atoms with Gasteiger partial charge in [0.1, 0.15) is 0 Å². The van der Waals surface area contributed by atoms with Gasteiger partial charge in [0.25, 0.3) is 0 Å². The first-order valence-corrected chi connectivity index (χ1v) is 9.14. The number of nitrogens with zero attached hydrogens (tertiary/aromatic N) is 2. The van der Waals surface area contributed by atoms with E-state index in [1.54, 1.807) is 18.4 Å². The zero-order valence-corrected chi connectivity index (χ0v) is 15.3. The summed E-state index contributed by atoms with van der Waals surface area (Å²) in [4.78, 5) is 21.9. The number of aromatic nitrogens is 1. The summed E-state index contributed by atoms with van der Waals surface area (Å²) in [7, 11) is 1.63. The van der Waals surface area contributed by atoms with Gasteiger partial charge in [-0.05, 0) is 18.6 Å².